The van der Waals surface area contributed by atoms with Gasteiger partial charge in [-0.2, -0.15) is 17.0 Å². The van der Waals surface area contributed by atoms with Gasteiger partial charge in [-0.15, -0.1) is 11.3 Å². The molecule has 0 atom stereocenters. The van der Waals surface area contributed by atoms with E-state index < -0.39 is 10.2 Å². The van der Waals surface area contributed by atoms with Gasteiger partial charge in [-0.3, -0.25) is 10.1 Å². The van der Waals surface area contributed by atoms with Crippen LogP contribution in [-0.4, -0.2) is 53.5 Å². The highest BCUT2D eigenvalue weighted by Gasteiger charge is 2.30. The molecule has 2 aromatic heterocycles. The molecule has 8 nitrogen and oxygen atoms in total. The fourth-order valence-electron chi connectivity index (χ4n) is 3.01. The Morgan fingerprint density at radius 2 is 2.11 bits per heavy atom. The number of amides is 1. The number of aromatic nitrogens is 2. The molecule has 0 saturated heterocycles. The lowest BCUT2D eigenvalue weighted by molar-refractivity contribution is 0.102. The maximum absolute atomic E-state index is 12.5. The number of anilines is 1. The Kier molecular flexibility index (Phi) is 4.50. The number of hydrogen-bond acceptors (Lipinski definition) is 5. The smallest absolute Gasteiger partial charge is 0.281 e. The predicted molar refractivity (Wildman–Crippen MR) is 105 cm³/mol. The molecule has 3 heterocycles. The number of carbonyl (C=O) groups excluding carboxylic acids is 1. The second kappa shape index (κ2) is 6.71. The summed E-state index contributed by atoms with van der Waals surface area (Å²) >= 11 is 1.32. The van der Waals surface area contributed by atoms with Gasteiger partial charge in [0, 0.05) is 42.8 Å². The molecule has 142 valence electrons. The highest BCUT2D eigenvalue weighted by atomic mass is 32.2. The van der Waals surface area contributed by atoms with Gasteiger partial charge in [0.2, 0.25) is 0 Å². The summed E-state index contributed by atoms with van der Waals surface area (Å²) in [5.41, 5.74) is 2.20. The minimum Gasteiger partial charge on any atom is -0.351 e. The maximum Gasteiger partial charge on any atom is 0.281 e. The normalized spacial score (nSPS) is 15.2. The number of rotatable bonds is 4. The second-order valence-electron chi connectivity index (χ2n) is 6.49. The van der Waals surface area contributed by atoms with E-state index in [0.29, 0.717) is 23.8 Å². The Morgan fingerprint density at radius 3 is 2.85 bits per heavy atom. The maximum atomic E-state index is 12.5. The zero-order chi connectivity index (χ0) is 19.2. The molecule has 1 aliphatic heterocycles. The molecule has 0 fully saturated rings. The van der Waals surface area contributed by atoms with Crippen LogP contribution in [0.25, 0.3) is 10.9 Å². The quantitative estimate of drug-likeness (QED) is 0.694. The van der Waals surface area contributed by atoms with Crippen LogP contribution in [0, 0.1) is 0 Å². The number of fused-ring (bicyclic) bond motifs is 2. The average molecular weight is 406 g/mol. The Bertz CT molecular complexity index is 1080. The second-order valence-corrected chi connectivity index (χ2v) is 9.71. The number of aromatic amines is 1. The monoisotopic (exact) mass is 405 g/mol. The first kappa shape index (κ1) is 18.1. The molecule has 27 heavy (non-hydrogen) atoms. The molecule has 0 saturated carbocycles. The van der Waals surface area contributed by atoms with Crippen LogP contribution in [0.2, 0.25) is 0 Å². The van der Waals surface area contributed by atoms with E-state index in [1.165, 1.54) is 34.0 Å². The van der Waals surface area contributed by atoms with Crippen LogP contribution in [0.1, 0.15) is 21.1 Å². The van der Waals surface area contributed by atoms with Crippen LogP contribution < -0.4 is 5.32 Å². The van der Waals surface area contributed by atoms with Crippen LogP contribution >= 0.6 is 11.3 Å². The highest BCUT2D eigenvalue weighted by molar-refractivity contribution is 7.86. The van der Waals surface area contributed by atoms with Gasteiger partial charge in [-0.05, 0) is 12.1 Å². The zero-order valence-electron chi connectivity index (χ0n) is 14.9. The zero-order valence-corrected chi connectivity index (χ0v) is 16.5. The Hall–Kier alpha value is -2.27. The van der Waals surface area contributed by atoms with Crippen LogP contribution in [0.3, 0.4) is 0 Å². The van der Waals surface area contributed by atoms with E-state index in [4.69, 9.17) is 0 Å². The minimum atomic E-state index is -3.46. The molecule has 2 N–H and O–H groups in total. The third kappa shape index (κ3) is 3.36. The number of H-pyrrole nitrogens is 1. The van der Waals surface area contributed by atoms with E-state index in [1.807, 2.05) is 24.3 Å². The van der Waals surface area contributed by atoms with Crippen molar-refractivity contribution < 1.29 is 13.2 Å². The Labute approximate surface area is 161 Å². The lowest BCUT2D eigenvalue weighted by Crippen LogP contribution is -2.42. The van der Waals surface area contributed by atoms with Crippen molar-refractivity contribution in [3.63, 3.8) is 0 Å². The molecular formula is C17H19N5O3S2. The molecule has 1 aliphatic rings. The lowest BCUT2D eigenvalue weighted by atomic mass is 10.2. The highest BCUT2D eigenvalue weighted by Crippen LogP contribution is 2.30. The summed E-state index contributed by atoms with van der Waals surface area (Å²) in [5.74, 6) is -0.268. The Morgan fingerprint density at radius 1 is 1.33 bits per heavy atom. The summed E-state index contributed by atoms with van der Waals surface area (Å²) < 4.78 is 27.3. The third-order valence-corrected chi connectivity index (χ3v) is 7.36. The van der Waals surface area contributed by atoms with E-state index in [1.54, 1.807) is 6.07 Å². The van der Waals surface area contributed by atoms with Gasteiger partial charge in [-0.1, -0.05) is 18.2 Å². The molecule has 0 bridgehead atoms. The first-order chi connectivity index (χ1) is 12.8. The number of para-hydroxylation sites is 1. The lowest BCUT2D eigenvalue weighted by Gasteiger charge is -2.27. The van der Waals surface area contributed by atoms with Crippen molar-refractivity contribution in [1.82, 2.24) is 18.6 Å². The number of hydrogen-bond donors (Lipinski definition) is 2. The van der Waals surface area contributed by atoms with Crippen molar-refractivity contribution in [3.05, 3.63) is 46.6 Å². The molecular weight excluding hydrogens is 386 g/mol. The van der Waals surface area contributed by atoms with E-state index in [0.717, 1.165) is 21.5 Å². The fraction of sp³-hybridized carbons (Fsp3) is 0.294. The van der Waals surface area contributed by atoms with Crippen molar-refractivity contribution in [2.75, 3.05) is 26.0 Å². The summed E-state index contributed by atoms with van der Waals surface area (Å²) in [4.78, 5) is 20.9. The molecule has 0 aliphatic carbocycles. The van der Waals surface area contributed by atoms with E-state index in [2.05, 4.69) is 15.3 Å². The van der Waals surface area contributed by atoms with Crippen molar-refractivity contribution in [2.45, 2.75) is 13.0 Å². The number of benzene rings is 1. The number of carbonyl (C=O) groups is 1. The van der Waals surface area contributed by atoms with Gasteiger partial charge < -0.3 is 4.98 Å². The first-order valence-corrected chi connectivity index (χ1v) is 10.6. The molecule has 4 rings (SSSR count). The summed E-state index contributed by atoms with van der Waals surface area (Å²) in [6.45, 7) is 0.655. The van der Waals surface area contributed by atoms with Crippen molar-refractivity contribution >= 4 is 43.5 Å². The van der Waals surface area contributed by atoms with Crippen molar-refractivity contribution in [1.29, 1.82) is 0 Å². The van der Waals surface area contributed by atoms with E-state index in [9.17, 15) is 13.2 Å². The third-order valence-electron chi connectivity index (χ3n) is 4.48. The molecule has 1 aromatic carbocycles. The fourth-order valence-corrected chi connectivity index (χ4v) is 5.19. The van der Waals surface area contributed by atoms with E-state index >= 15 is 0 Å². The minimum absolute atomic E-state index is 0.268. The predicted octanol–water partition coefficient (Wildman–Crippen LogP) is 2.04. The molecule has 0 unspecified atom stereocenters. The molecule has 3 aromatic rings. The Balaban J connectivity index is 1.52. The average Bonchev–Trinajstić information content (AvgIpc) is 3.24. The van der Waals surface area contributed by atoms with Crippen molar-refractivity contribution in [2.24, 2.45) is 0 Å². The number of nitrogens with zero attached hydrogens (tertiary/aromatic N) is 3. The molecule has 0 radical (unpaired) electrons. The van der Waals surface area contributed by atoms with E-state index in [-0.39, 0.29) is 12.5 Å². The van der Waals surface area contributed by atoms with Gasteiger partial charge in [-0.25, -0.2) is 4.98 Å². The number of thiazole rings is 1. The van der Waals surface area contributed by atoms with Crippen LogP contribution in [0.4, 0.5) is 5.13 Å². The van der Waals surface area contributed by atoms with Gasteiger partial charge in [0.1, 0.15) is 5.69 Å². The summed E-state index contributed by atoms with van der Waals surface area (Å²) in [6.07, 6.45) is 0.529. The van der Waals surface area contributed by atoms with Crippen LogP contribution in [0.15, 0.2) is 30.3 Å². The standard InChI is InChI=1S/C17H19N5O3S2/c1-21(2)27(24,25)22-8-7-13-15(10-22)26-17(19-13)20-16(23)14-9-11-5-3-4-6-12(11)18-14/h3-6,9,18H,7-8,10H2,1-2H3,(H,19,20,23). The van der Waals surface area contributed by atoms with Crippen LogP contribution in [0.5, 0.6) is 0 Å². The largest absolute Gasteiger partial charge is 0.351 e. The molecule has 10 heteroatoms. The molecule has 1 amide bonds. The van der Waals surface area contributed by atoms with Gasteiger partial charge in [0.05, 0.1) is 12.2 Å². The number of nitrogens with one attached hydrogen (secondary N) is 2. The van der Waals surface area contributed by atoms with Gasteiger partial charge in [0.25, 0.3) is 16.1 Å². The van der Waals surface area contributed by atoms with Crippen molar-refractivity contribution in [3.8, 4) is 0 Å². The SMILES string of the molecule is CN(C)S(=O)(=O)N1CCc2nc(NC(=O)c3cc4ccccc4[nH]3)sc2C1. The summed E-state index contributed by atoms with van der Waals surface area (Å²) in [6, 6.07) is 9.46. The van der Waals surface area contributed by atoms with Gasteiger partial charge in [0.15, 0.2) is 5.13 Å². The van der Waals surface area contributed by atoms with Gasteiger partial charge >= 0.3 is 0 Å². The first-order valence-electron chi connectivity index (χ1n) is 8.40. The molecule has 0 spiro atoms. The topological polar surface area (TPSA) is 98.4 Å². The summed E-state index contributed by atoms with van der Waals surface area (Å²) in [5, 5.41) is 4.25. The van der Waals surface area contributed by atoms with Crippen LogP contribution in [-0.2, 0) is 23.2 Å². The summed E-state index contributed by atoms with van der Waals surface area (Å²) in [7, 11) is -0.426.